The molecule has 1 aliphatic carbocycles. The van der Waals surface area contributed by atoms with Gasteiger partial charge in [0.05, 0.1) is 18.3 Å². The summed E-state index contributed by atoms with van der Waals surface area (Å²) in [5.41, 5.74) is 7.24. The lowest BCUT2D eigenvalue weighted by molar-refractivity contribution is 0.303. The second-order valence-corrected chi connectivity index (χ2v) is 4.11. The number of anilines is 1. The summed E-state index contributed by atoms with van der Waals surface area (Å²) in [6.45, 7) is 0.795. The van der Waals surface area contributed by atoms with Gasteiger partial charge < -0.3 is 14.9 Å². The fourth-order valence-electron chi connectivity index (χ4n) is 1.67. The monoisotopic (exact) mass is 203 g/mol. The Labute approximate surface area is 87.8 Å². The molecule has 0 spiro atoms. The quantitative estimate of drug-likeness (QED) is 0.780. The molecule has 1 aromatic carbocycles. The third-order valence-electron chi connectivity index (χ3n) is 2.73. The van der Waals surface area contributed by atoms with Crippen molar-refractivity contribution in [3.63, 3.8) is 0 Å². The van der Waals surface area contributed by atoms with E-state index in [4.69, 9.17) is 14.9 Å². The van der Waals surface area contributed by atoms with E-state index in [1.807, 2.05) is 18.2 Å². The molecule has 1 saturated carbocycles. The molecule has 0 unspecified atom stereocenters. The molecule has 1 aromatic heterocycles. The zero-order valence-electron chi connectivity index (χ0n) is 8.40. The van der Waals surface area contributed by atoms with Crippen LogP contribution < -0.4 is 10.5 Å². The van der Waals surface area contributed by atoms with Crippen molar-refractivity contribution >= 4 is 16.7 Å². The van der Waals surface area contributed by atoms with E-state index in [1.54, 1.807) is 6.26 Å². The fourth-order valence-corrected chi connectivity index (χ4v) is 1.67. The highest BCUT2D eigenvalue weighted by Gasteiger charge is 2.22. The molecule has 0 atom stereocenters. The van der Waals surface area contributed by atoms with Crippen LogP contribution in [0.1, 0.15) is 12.8 Å². The lowest BCUT2D eigenvalue weighted by Crippen LogP contribution is -1.99. The van der Waals surface area contributed by atoms with Crippen molar-refractivity contribution in [3.05, 3.63) is 24.5 Å². The van der Waals surface area contributed by atoms with Crippen LogP contribution in [-0.2, 0) is 0 Å². The Hall–Kier alpha value is -1.64. The van der Waals surface area contributed by atoms with E-state index in [9.17, 15) is 0 Å². The summed E-state index contributed by atoms with van der Waals surface area (Å²) in [5.74, 6) is 1.58. The average Bonchev–Trinajstić information content (AvgIpc) is 2.92. The Morgan fingerprint density at radius 1 is 1.40 bits per heavy atom. The average molecular weight is 203 g/mol. The van der Waals surface area contributed by atoms with Crippen molar-refractivity contribution in [2.45, 2.75) is 12.8 Å². The highest BCUT2D eigenvalue weighted by Crippen LogP contribution is 2.33. The predicted molar refractivity (Wildman–Crippen MR) is 58.8 cm³/mol. The van der Waals surface area contributed by atoms with Gasteiger partial charge in [-0.3, -0.25) is 0 Å². The van der Waals surface area contributed by atoms with Crippen molar-refractivity contribution in [3.8, 4) is 5.75 Å². The van der Waals surface area contributed by atoms with Crippen LogP contribution in [0.2, 0.25) is 0 Å². The first kappa shape index (κ1) is 8.65. The molecule has 0 amide bonds. The minimum Gasteiger partial charge on any atom is -0.492 e. The first-order chi connectivity index (χ1) is 7.33. The number of furan rings is 1. The Morgan fingerprint density at radius 3 is 3.07 bits per heavy atom. The SMILES string of the molecule is Nc1cc(OCC2CC2)c2ccoc2c1. The Bertz CT molecular complexity index is 485. The first-order valence-corrected chi connectivity index (χ1v) is 5.22. The lowest BCUT2D eigenvalue weighted by Gasteiger charge is -2.06. The molecule has 0 radical (unpaired) electrons. The standard InChI is InChI=1S/C12H13NO2/c13-9-5-11-10(3-4-14-11)12(6-9)15-7-8-1-2-8/h3-6,8H,1-2,7,13H2. The maximum atomic E-state index is 5.77. The van der Waals surface area contributed by atoms with Gasteiger partial charge >= 0.3 is 0 Å². The largest absolute Gasteiger partial charge is 0.492 e. The van der Waals surface area contributed by atoms with Crippen molar-refractivity contribution in [1.29, 1.82) is 0 Å². The van der Waals surface area contributed by atoms with Gasteiger partial charge in [0.25, 0.3) is 0 Å². The maximum Gasteiger partial charge on any atom is 0.139 e. The van der Waals surface area contributed by atoms with E-state index in [0.717, 1.165) is 29.2 Å². The number of ether oxygens (including phenoxy) is 1. The summed E-state index contributed by atoms with van der Waals surface area (Å²) in [4.78, 5) is 0. The number of fused-ring (bicyclic) bond motifs is 1. The highest BCUT2D eigenvalue weighted by molar-refractivity contribution is 5.87. The molecular formula is C12H13NO2. The Kier molecular flexibility index (Phi) is 1.84. The molecule has 0 bridgehead atoms. The molecule has 3 heteroatoms. The van der Waals surface area contributed by atoms with Crippen LogP contribution in [0.25, 0.3) is 11.0 Å². The number of hydrogen-bond acceptors (Lipinski definition) is 3. The maximum absolute atomic E-state index is 5.77. The summed E-state index contributed by atoms with van der Waals surface area (Å²) in [6.07, 6.45) is 4.24. The second kappa shape index (κ2) is 3.19. The smallest absolute Gasteiger partial charge is 0.139 e. The minimum atomic E-state index is 0.684. The fraction of sp³-hybridized carbons (Fsp3) is 0.333. The van der Waals surface area contributed by atoms with Gasteiger partial charge in [0.15, 0.2) is 0 Å². The number of nitrogen functional groups attached to an aromatic ring is 1. The van der Waals surface area contributed by atoms with E-state index in [1.165, 1.54) is 12.8 Å². The molecule has 0 aliphatic heterocycles. The molecule has 78 valence electrons. The second-order valence-electron chi connectivity index (χ2n) is 4.11. The Balaban J connectivity index is 1.95. The third kappa shape index (κ3) is 1.65. The topological polar surface area (TPSA) is 48.4 Å². The van der Waals surface area contributed by atoms with Gasteiger partial charge in [-0.25, -0.2) is 0 Å². The summed E-state index contributed by atoms with van der Waals surface area (Å²) < 4.78 is 11.0. The van der Waals surface area contributed by atoms with Crippen LogP contribution in [0.5, 0.6) is 5.75 Å². The summed E-state index contributed by atoms with van der Waals surface area (Å²) in [6, 6.07) is 5.59. The molecule has 1 fully saturated rings. The third-order valence-corrected chi connectivity index (χ3v) is 2.73. The molecule has 2 aromatic rings. The van der Waals surface area contributed by atoms with Crippen molar-refractivity contribution < 1.29 is 9.15 Å². The molecule has 1 aliphatic rings. The van der Waals surface area contributed by atoms with Crippen molar-refractivity contribution in [2.75, 3.05) is 12.3 Å². The van der Waals surface area contributed by atoms with Gasteiger partial charge in [-0.05, 0) is 24.8 Å². The zero-order valence-corrected chi connectivity index (χ0v) is 8.40. The summed E-state index contributed by atoms with van der Waals surface area (Å²) in [5, 5.41) is 1.00. The molecule has 3 nitrogen and oxygen atoms in total. The van der Waals surface area contributed by atoms with E-state index < -0.39 is 0 Å². The molecule has 3 rings (SSSR count). The van der Waals surface area contributed by atoms with Crippen LogP contribution in [0.15, 0.2) is 28.9 Å². The van der Waals surface area contributed by atoms with Crippen LogP contribution >= 0.6 is 0 Å². The predicted octanol–water partition coefficient (Wildman–Crippen LogP) is 2.80. The number of hydrogen-bond donors (Lipinski definition) is 1. The van der Waals surface area contributed by atoms with E-state index >= 15 is 0 Å². The van der Waals surface area contributed by atoms with E-state index in [-0.39, 0.29) is 0 Å². The summed E-state index contributed by atoms with van der Waals surface area (Å²) in [7, 11) is 0. The van der Waals surface area contributed by atoms with Crippen molar-refractivity contribution in [2.24, 2.45) is 5.92 Å². The van der Waals surface area contributed by atoms with E-state index in [0.29, 0.717) is 5.69 Å². The minimum absolute atomic E-state index is 0.684. The van der Waals surface area contributed by atoms with Crippen LogP contribution in [0.4, 0.5) is 5.69 Å². The molecule has 2 N–H and O–H groups in total. The number of rotatable bonds is 3. The van der Waals surface area contributed by atoms with Crippen LogP contribution in [0, 0.1) is 5.92 Å². The number of nitrogens with two attached hydrogens (primary N) is 1. The van der Waals surface area contributed by atoms with Gasteiger partial charge in [0.1, 0.15) is 11.3 Å². The highest BCUT2D eigenvalue weighted by atomic mass is 16.5. The zero-order chi connectivity index (χ0) is 10.3. The molecule has 0 saturated heterocycles. The van der Waals surface area contributed by atoms with Gasteiger partial charge in [0.2, 0.25) is 0 Å². The molecule has 1 heterocycles. The Morgan fingerprint density at radius 2 is 2.27 bits per heavy atom. The molecule has 15 heavy (non-hydrogen) atoms. The number of benzene rings is 1. The van der Waals surface area contributed by atoms with Gasteiger partial charge in [0, 0.05) is 17.8 Å². The van der Waals surface area contributed by atoms with Gasteiger partial charge in [-0.1, -0.05) is 0 Å². The molecular weight excluding hydrogens is 190 g/mol. The van der Waals surface area contributed by atoms with Crippen molar-refractivity contribution in [1.82, 2.24) is 0 Å². The first-order valence-electron chi connectivity index (χ1n) is 5.22. The van der Waals surface area contributed by atoms with Gasteiger partial charge in [-0.2, -0.15) is 0 Å². The van der Waals surface area contributed by atoms with Gasteiger partial charge in [-0.15, -0.1) is 0 Å². The van der Waals surface area contributed by atoms with Crippen LogP contribution in [0.3, 0.4) is 0 Å². The van der Waals surface area contributed by atoms with E-state index in [2.05, 4.69) is 0 Å². The lowest BCUT2D eigenvalue weighted by atomic mass is 10.2. The normalized spacial score (nSPS) is 15.7. The summed E-state index contributed by atoms with van der Waals surface area (Å²) >= 11 is 0. The van der Waals surface area contributed by atoms with Crippen LogP contribution in [-0.4, -0.2) is 6.61 Å².